The molecule has 3 N–H and O–H groups in total. The summed E-state index contributed by atoms with van der Waals surface area (Å²) in [5.41, 5.74) is 8.91. The molecule has 0 aliphatic rings. The summed E-state index contributed by atoms with van der Waals surface area (Å²) in [5.74, 6) is 0.878. The maximum Gasteiger partial charge on any atom is 0.133 e. The Morgan fingerprint density at radius 2 is 2.00 bits per heavy atom. The lowest BCUT2D eigenvalue weighted by Gasteiger charge is -2.11. The number of para-hydroxylation sites is 1. The molecule has 0 aliphatic heterocycles. The fraction of sp³-hybridized carbons (Fsp3) is 0.154. The van der Waals surface area contributed by atoms with Gasteiger partial charge in [-0.15, -0.1) is 0 Å². The quantitative estimate of drug-likeness (QED) is 0.824. The molecule has 0 saturated heterocycles. The molecule has 1 aromatic heterocycles. The summed E-state index contributed by atoms with van der Waals surface area (Å²) in [7, 11) is 0. The number of anilines is 2. The number of nitrogens with two attached hydrogens (primary N) is 1. The van der Waals surface area contributed by atoms with E-state index >= 15 is 0 Å². The predicted octanol–water partition coefficient (Wildman–Crippen LogP) is 2.59. The van der Waals surface area contributed by atoms with Crippen LogP contribution in [0.4, 0.5) is 11.5 Å². The zero-order valence-electron chi connectivity index (χ0n) is 9.27. The summed E-state index contributed by atoms with van der Waals surface area (Å²) in [6.07, 6.45) is 1.78. The zero-order chi connectivity index (χ0) is 11.4. The highest BCUT2D eigenvalue weighted by Crippen LogP contribution is 2.20. The molecule has 0 saturated carbocycles. The van der Waals surface area contributed by atoms with Crippen LogP contribution in [0.3, 0.4) is 0 Å². The summed E-state index contributed by atoms with van der Waals surface area (Å²) >= 11 is 0. The highest BCUT2D eigenvalue weighted by molar-refractivity contribution is 5.62. The van der Waals surface area contributed by atoms with E-state index in [0.717, 1.165) is 22.6 Å². The Bertz CT molecular complexity index is 480. The second kappa shape index (κ2) is 4.77. The van der Waals surface area contributed by atoms with Crippen molar-refractivity contribution in [3.8, 4) is 0 Å². The zero-order valence-corrected chi connectivity index (χ0v) is 9.27. The Balaban J connectivity index is 2.30. The number of nitrogens with one attached hydrogen (secondary N) is 1. The van der Waals surface area contributed by atoms with E-state index < -0.39 is 0 Å². The van der Waals surface area contributed by atoms with Crippen molar-refractivity contribution in [3.63, 3.8) is 0 Å². The van der Waals surface area contributed by atoms with E-state index in [1.54, 1.807) is 6.20 Å². The highest BCUT2D eigenvalue weighted by Gasteiger charge is 2.02. The van der Waals surface area contributed by atoms with E-state index in [1.807, 2.05) is 43.3 Å². The second-order valence-corrected chi connectivity index (χ2v) is 3.66. The summed E-state index contributed by atoms with van der Waals surface area (Å²) in [4.78, 5) is 4.30. The maximum absolute atomic E-state index is 5.68. The Hall–Kier alpha value is -1.87. The number of pyridine rings is 1. The minimum Gasteiger partial charge on any atom is -0.340 e. The van der Waals surface area contributed by atoms with Crippen LogP contribution in [-0.2, 0) is 6.54 Å². The maximum atomic E-state index is 5.68. The van der Waals surface area contributed by atoms with Gasteiger partial charge in [-0.05, 0) is 30.2 Å². The lowest BCUT2D eigenvalue weighted by molar-refractivity contribution is 1.07. The lowest BCUT2D eigenvalue weighted by Crippen LogP contribution is -2.03. The Morgan fingerprint density at radius 3 is 2.75 bits per heavy atom. The second-order valence-electron chi connectivity index (χ2n) is 3.66. The lowest BCUT2D eigenvalue weighted by atomic mass is 10.1. The molecule has 0 unspecified atom stereocenters. The van der Waals surface area contributed by atoms with Crippen molar-refractivity contribution in [2.75, 3.05) is 5.32 Å². The van der Waals surface area contributed by atoms with Crippen LogP contribution in [0.25, 0.3) is 0 Å². The first kappa shape index (κ1) is 10.6. The van der Waals surface area contributed by atoms with E-state index in [1.165, 1.54) is 0 Å². The molecule has 16 heavy (non-hydrogen) atoms. The van der Waals surface area contributed by atoms with Crippen molar-refractivity contribution in [2.24, 2.45) is 5.73 Å². The fourth-order valence-corrected chi connectivity index (χ4v) is 1.56. The van der Waals surface area contributed by atoms with Crippen LogP contribution in [0.1, 0.15) is 11.1 Å². The molecule has 0 bridgehead atoms. The molecule has 3 heteroatoms. The third-order valence-electron chi connectivity index (χ3n) is 2.50. The third-order valence-corrected chi connectivity index (χ3v) is 2.50. The van der Waals surface area contributed by atoms with Gasteiger partial charge in [-0.2, -0.15) is 0 Å². The van der Waals surface area contributed by atoms with Gasteiger partial charge < -0.3 is 11.1 Å². The van der Waals surface area contributed by atoms with Crippen LogP contribution in [0.2, 0.25) is 0 Å². The Labute approximate surface area is 95.3 Å². The van der Waals surface area contributed by atoms with Crippen molar-refractivity contribution in [3.05, 3.63) is 53.7 Å². The van der Waals surface area contributed by atoms with Gasteiger partial charge >= 0.3 is 0 Å². The average molecular weight is 213 g/mol. The Kier molecular flexibility index (Phi) is 3.17. The number of rotatable bonds is 3. The van der Waals surface area contributed by atoms with E-state index in [9.17, 15) is 0 Å². The number of aryl methyl sites for hydroxylation is 1. The normalized spacial score (nSPS) is 10.1. The summed E-state index contributed by atoms with van der Waals surface area (Å²) in [6.45, 7) is 2.55. The molecular weight excluding hydrogens is 198 g/mol. The number of nitrogens with zero attached hydrogens (tertiary/aromatic N) is 1. The molecular formula is C13H15N3. The smallest absolute Gasteiger partial charge is 0.133 e. The van der Waals surface area contributed by atoms with Gasteiger partial charge in [-0.1, -0.05) is 24.3 Å². The van der Waals surface area contributed by atoms with Gasteiger partial charge in [0.1, 0.15) is 5.82 Å². The van der Waals surface area contributed by atoms with Crippen molar-refractivity contribution < 1.29 is 0 Å². The van der Waals surface area contributed by atoms with Crippen LogP contribution in [0.5, 0.6) is 0 Å². The first-order valence-corrected chi connectivity index (χ1v) is 5.28. The van der Waals surface area contributed by atoms with Crippen molar-refractivity contribution >= 4 is 11.5 Å². The molecule has 2 aromatic rings. The van der Waals surface area contributed by atoms with Crippen LogP contribution in [0, 0.1) is 6.92 Å². The first-order valence-electron chi connectivity index (χ1n) is 5.28. The van der Waals surface area contributed by atoms with Crippen LogP contribution in [0.15, 0.2) is 42.6 Å². The number of hydrogen-bond acceptors (Lipinski definition) is 3. The van der Waals surface area contributed by atoms with Gasteiger partial charge in [-0.25, -0.2) is 4.98 Å². The molecule has 0 spiro atoms. The Morgan fingerprint density at radius 1 is 1.19 bits per heavy atom. The first-order chi connectivity index (χ1) is 7.81. The van der Waals surface area contributed by atoms with Crippen LogP contribution < -0.4 is 11.1 Å². The molecule has 0 amide bonds. The highest BCUT2D eigenvalue weighted by atomic mass is 15.0. The number of benzene rings is 1. The topological polar surface area (TPSA) is 50.9 Å². The molecule has 2 rings (SSSR count). The van der Waals surface area contributed by atoms with Crippen molar-refractivity contribution in [1.82, 2.24) is 4.98 Å². The molecule has 0 fully saturated rings. The van der Waals surface area contributed by atoms with Crippen molar-refractivity contribution in [1.29, 1.82) is 0 Å². The summed E-state index contributed by atoms with van der Waals surface area (Å²) in [6, 6.07) is 11.9. The molecule has 82 valence electrons. The monoisotopic (exact) mass is 213 g/mol. The minimum atomic E-state index is 0.523. The van der Waals surface area contributed by atoms with Gasteiger partial charge in [-0.3, -0.25) is 0 Å². The molecule has 0 radical (unpaired) electrons. The third kappa shape index (κ3) is 2.20. The molecule has 0 atom stereocenters. The minimum absolute atomic E-state index is 0.523. The predicted molar refractivity (Wildman–Crippen MR) is 66.6 cm³/mol. The molecule has 3 nitrogen and oxygen atoms in total. The van der Waals surface area contributed by atoms with Gasteiger partial charge in [0.2, 0.25) is 0 Å². The van der Waals surface area contributed by atoms with Gasteiger partial charge in [0, 0.05) is 18.4 Å². The molecule has 1 heterocycles. The number of hydrogen-bond donors (Lipinski definition) is 2. The molecule has 0 aliphatic carbocycles. The molecule has 1 aromatic carbocycles. The van der Waals surface area contributed by atoms with Gasteiger partial charge in [0.15, 0.2) is 0 Å². The van der Waals surface area contributed by atoms with E-state index in [-0.39, 0.29) is 0 Å². The SMILES string of the molecule is Cc1cccnc1Nc1ccccc1CN. The summed E-state index contributed by atoms with van der Waals surface area (Å²) in [5, 5.41) is 3.30. The van der Waals surface area contributed by atoms with Gasteiger partial charge in [0.25, 0.3) is 0 Å². The fourth-order valence-electron chi connectivity index (χ4n) is 1.56. The summed E-state index contributed by atoms with van der Waals surface area (Å²) < 4.78 is 0. The van der Waals surface area contributed by atoms with Crippen molar-refractivity contribution in [2.45, 2.75) is 13.5 Å². The van der Waals surface area contributed by atoms with Crippen LogP contribution >= 0.6 is 0 Å². The number of aromatic nitrogens is 1. The largest absolute Gasteiger partial charge is 0.340 e. The van der Waals surface area contributed by atoms with E-state index in [2.05, 4.69) is 10.3 Å². The van der Waals surface area contributed by atoms with E-state index in [0.29, 0.717) is 6.54 Å². The van der Waals surface area contributed by atoms with Gasteiger partial charge in [0.05, 0.1) is 0 Å². The van der Waals surface area contributed by atoms with E-state index in [4.69, 9.17) is 5.73 Å². The van der Waals surface area contributed by atoms with Crippen LogP contribution in [-0.4, -0.2) is 4.98 Å². The average Bonchev–Trinajstić information content (AvgIpc) is 2.33. The standard InChI is InChI=1S/C13H15N3/c1-10-5-4-8-15-13(10)16-12-7-3-2-6-11(12)9-14/h2-8H,9,14H2,1H3,(H,15,16).